The molecule has 212 valence electrons. The molecule has 2 aliphatic heterocycles. The molecule has 0 radical (unpaired) electrons. The number of fused-ring (bicyclic) bond motifs is 1. The molecular weight excluding hydrogens is 507 g/mol. The van der Waals surface area contributed by atoms with E-state index in [1.165, 1.54) is 50.1 Å². The number of carboxylic acid groups (broad SMARTS) is 1. The van der Waals surface area contributed by atoms with Crippen LogP contribution < -0.4 is 5.32 Å². The smallest absolute Gasteiger partial charge is 0.475 e. The number of aliphatic carboxylic acids is 1. The van der Waals surface area contributed by atoms with E-state index in [-0.39, 0.29) is 17.9 Å². The van der Waals surface area contributed by atoms with Gasteiger partial charge in [0.1, 0.15) is 0 Å². The highest BCUT2D eigenvalue weighted by molar-refractivity contribution is 5.79. The number of nitrogens with one attached hydrogen (secondary N) is 1. The normalized spacial score (nSPS) is 22.6. The van der Waals surface area contributed by atoms with E-state index in [4.69, 9.17) is 9.90 Å². The fraction of sp³-hybridized carbons (Fsp3) is 0.533. The van der Waals surface area contributed by atoms with Crippen molar-refractivity contribution in [3.8, 4) is 0 Å². The molecule has 0 aromatic heterocycles. The highest BCUT2D eigenvalue weighted by Gasteiger charge is 2.40. The van der Waals surface area contributed by atoms with Gasteiger partial charge in [-0.3, -0.25) is 9.69 Å². The topological polar surface area (TPSA) is 72.9 Å². The molecule has 3 fully saturated rings. The van der Waals surface area contributed by atoms with Crippen molar-refractivity contribution in [3.05, 3.63) is 71.8 Å². The molecule has 5 rings (SSSR count). The number of rotatable bonds is 8. The highest BCUT2D eigenvalue weighted by atomic mass is 19.4. The van der Waals surface area contributed by atoms with Crippen LogP contribution in [0.1, 0.15) is 49.3 Å². The Bertz CT molecular complexity index is 1050. The molecule has 1 saturated carbocycles. The fourth-order valence-corrected chi connectivity index (χ4v) is 6.14. The van der Waals surface area contributed by atoms with Gasteiger partial charge in [-0.15, -0.1) is 0 Å². The second kappa shape index (κ2) is 13.4. The number of alkyl halides is 3. The summed E-state index contributed by atoms with van der Waals surface area (Å²) in [5.74, 6) is -0.675. The third-order valence-electron chi connectivity index (χ3n) is 8.11. The molecule has 0 bridgehead atoms. The number of carboxylic acids is 1. The maximum atomic E-state index is 12.8. The summed E-state index contributed by atoms with van der Waals surface area (Å²) in [7, 11) is 0. The van der Waals surface area contributed by atoms with Crippen LogP contribution in [0.2, 0.25) is 0 Å². The Morgan fingerprint density at radius 3 is 1.92 bits per heavy atom. The highest BCUT2D eigenvalue weighted by Crippen LogP contribution is 2.33. The number of amides is 1. The minimum absolute atomic E-state index is 0.124. The second-order valence-corrected chi connectivity index (χ2v) is 11.0. The van der Waals surface area contributed by atoms with E-state index in [1.807, 2.05) is 0 Å². The lowest BCUT2D eigenvalue weighted by atomic mass is 10.0. The van der Waals surface area contributed by atoms with E-state index in [9.17, 15) is 18.0 Å². The van der Waals surface area contributed by atoms with Crippen LogP contribution in [-0.2, 0) is 16.1 Å². The molecule has 3 atom stereocenters. The van der Waals surface area contributed by atoms with Crippen LogP contribution in [0.25, 0.3) is 0 Å². The van der Waals surface area contributed by atoms with Gasteiger partial charge in [0.05, 0.1) is 6.04 Å². The molecule has 9 heteroatoms. The molecule has 39 heavy (non-hydrogen) atoms. The molecule has 2 aromatic rings. The van der Waals surface area contributed by atoms with Crippen molar-refractivity contribution >= 4 is 11.9 Å². The van der Waals surface area contributed by atoms with Crippen molar-refractivity contribution in [1.82, 2.24) is 15.1 Å². The lowest BCUT2D eigenvalue weighted by molar-refractivity contribution is -0.192. The number of hydrogen-bond donors (Lipinski definition) is 2. The third kappa shape index (κ3) is 8.54. The predicted octanol–water partition coefficient (Wildman–Crippen LogP) is 5.12. The predicted molar refractivity (Wildman–Crippen MR) is 143 cm³/mol. The monoisotopic (exact) mass is 545 g/mol. The zero-order valence-corrected chi connectivity index (χ0v) is 22.2. The average molecular weight is 546 g/mol. The van der Waals surface area contributed by atoms with Gasteiger partial charge in [0, 0.05) is 45.2 Å². The minimum atomic E-state index is -5.08. The van der Waals surface area contributed by atoms with Crippen molar-refractivity contribution in [2.24, 2.45) is 17.8 Å². The van der Waals surface area contributed by atoms with Crippen molar-refractivity contribution < 1.29 is 27.9 Å². The first-order valence-corrected chi connectivity index (χ1v) is 13.8. The van der Waals surface area contributed by atoms with Gasteiger partial charge >= 0.3 is 12.1 Å². The van der Waals surface area contributed by atoms with E-state index in [0.29, 0.717) is 0 Å². The number of benzene rings is 2. The second-order valence-electron chi connectivity index (χ2n) is 11.0. The van der Waals surface area contributed by atoms with E-state index >= 15 is 0 Å². The van der Waals surface area contributed by atoms with Gasteiger partial charge < -0.3 is 15.3 Å². The van der Waals surface area contributed by atoms with Gasteiger partial charge in [-0.1, -0.05) is 73.5 Å². The number of hydrogen-bond acceptors (Lipinski definition) is 4. The Morgan fingerprint density at radius 1 is 0.872 bits per heavy atom. The van der Waals surface area contributed by atoms with Gasteiger partial charge in [0.25, 0.3) is 0 Å². The molecule has 1 amide bonds. The first-order valence-electron chi connectivity index (χ1n) is 13.8. The molecule has 2 saturated heterocycles. The first-order chi connectivity index (χ1) is 18.7. The van der Waals surface area contributed by atoms with Gasteiger partial charge in [0.2, 0.25) is 5.91 Å². The van der Waals surface area contributed by atoms with Crippen molar-refractivity contribution in [3.63, 3.8) is 0 Å². The molecule has 3 aliphatic rings. The Morgan fingerprint density at radius 2 is 1.38 bits per heavy atom. The molecule has 6 nitrogen and oxygen atoms in total. The van der Waals surface area contributed by atoms with Gasteiger partial charge in [-0.2, -0.15) is 13.2 Å². The summed E-state index contributed by atoms with van der Waals surface area (Å²) in [4.78, 5) is 27.0. The summed E-state index contributed by atoms with van der Waals surface area (Å²) in [6.07, 6.45) is 0.429. The van der Waals surface area contributed by atoms with Crippen molar-refractivity contribution in [2.45, 2.75) is 50.9 Å². The van der Waals surface area contributed by atoms with Crippen LogP contribution in [0, 0.1) is 17.8 Å². The van der Waals surface area contributed by atoms with Crippen LogP contribution >= 0.6 is 0 Å². The fourth-order valence-electron chi connectivity index (χ4n) is 6.14. The molecular formula is C30H38F3N3O3. The van der Waals surface area contributed by atoms with Gasteiger partial charge in [0.15, 0.2) is 0 Å². The Hall–Kier alpha value is -2.91. The van der Waals surface area contributed by atoms with Crippen molar-refractivity contribution in [1.29, 1.82) is 0 Å². The number of carbonyl (C=O) groups excluding carboxylic acids is 1. The van der Waals surface area contributed by atoms with Crippen molar-refractivity contribution in [2.75, 3.05) is 32.7 Å². The number of likely N-dealkylation sites (tertiary alicyclic amines) is 2. The number of carbonyl (C=O) groups is 2. The van der Waals surface area contributed by atoms with Crippen LogP contribution in [0.4, 0.5) is 13.2 Å². The Labute approximate surface area is 228 Å². The molecule has 2 aromatic carbocycles. The van der Waals surface area contributed by atoms with Crippen LogP contribution in [0.5, 0.6) is 0 Å². The molecule has 0 spiro atoms. The molecule has 1 aliphatic carbocycles. The maximum absolute atomic E-state index is 12.8. The lowest BCUT2D eigenvalue weighted by Crippen LogP contribution is -2.36. The molecule has 2 heterocycles. The van der Waals surface area contributed by atoms with Gasteiger partial charge in [-0.05, 0) is 42.2 Å². The zero-order chi connectivity index (χ0) is 27.8. The quantitative estimate of drug-likeness (QED) is 0.482. The number of nitrogens with zero attached hydrogens (tertiary/aromatic N) is 2. The minimum Gasteiger partial charge on any atom is -0.475 e. The van der Waals surface area contributed by atoms with Crippen LogP contribution in [-0.4, -0.2) is 65.7 Å². The average Bonchev–Trinajstić information content (AvgIpc) is 3.65. The summed E-state index contributed by atoms with van der Waals surface area (Å²) < 4.78 is 31.7. The van der Waals surface area contributed by atoms with Gasteiger partial charge in [-0.25, -0.2) is 4.79 Å². The summed E-state index contributed by atoms with van der Waals surface area (Å²) in [6.45, 7) is 6.99. The first kappa shape index (κ1) is 29.1. The standard InChI is InChI=1S/C28H37N3O.C2HF3O2/c32-28(24-13-7-8-14-24)29-27(23-11-5-2-6-12-23)15-16-30-18-25-20-31(21-26(25)19-30)17-22-9-3-1-4-10-22;3-2(4,5)1(6)7/h1-6,9-12,24-27H,7-8,13-21H2,(H,29,32);(H,6,7)/t25-,26?,27?;/m0./s1. The summed E-state index contributed by atoms with van der Waals surface area (Å²) in [5.41, 5.74) is 2.67. The third-order valence-corrected chi connectivity index (χ3v) is 8.11. The summed E-state index contributed by atoms with van der Waals surface area (Å²) >= 11 is 0. The zero-order valence-electron chi connectivity index (χ0n) is 22.2. The van der Waals surface area contributed by atoms with Crippen LogP contribution in [0.3, 0.4) is 0 Å². The summed E-state index contributed by atoms with van der Waals surface area (Å²) in [5, 5.41) is 10.5. The molecule has 2 N–H and O–H groups in total. The maximum Gasteiger partial charge on any atom is 0.490 e. The van der Waals surface area contributed by atoms with E-state index < -0.39 is 12.1 Å². The van der Waals surface area contributed by atoms with Crippen LogP contribution in [0.15, 0.2) is 60.7 Å². The Kier molecular flexibility index (Phi) is 10.0. The Balaban J connectivity index is 0.000000448. The van der Waals surface area contributed by atoms with E-state index in [1.54, 1.807) is 0 Å². The summed E-state index contributed by atoms with van der Waals surface area (Å²) in [6, 6.07) is 21.6. The number of halogens is 3. The molecule has 2 unspecified atom stereocenters. The largest absolute Gasteiger partial charge is 0.490 e. The SMILES string of the molecule is O=C(NC(CCN1CC2CN(Cc3ccccc3)C[C@@H]2C1)c1ccccc1)C1CCCC1.O=C(O)C(F)(F)F. The van der Waals surface area contributed by atoms with E-state index in [0.717, 1.165) is 44.2 Å². The lowest BCUT2D eigenvalue weighted by Gasteiger charge is -2.25. The van der Waals surface area contributed by atoms with E-state index in [2.05, 4.69) is 75.8 Å².